The van der Waals surface area contributed by atoms with Crippen LogP contribution in [0.15, 0.2) is 0 Å². The molecular formula is C3H5ClO2P. The van der Waals surface area contributed by atoms with Gasteiger partial charge in [0.2, 0.25) is 0 Å². The van der Waals surface area contributed by atoms with Crippen LogP contribution in [0.5, 0.6) is 0 Å². The fourth-order valence-corrected chi connectivity index (χ4v) is 0.436. The molecule has 0 heterocycles. The molecule has 7 heavy (non-hydrogen) atoms. The Hall–Kier alpha value is 0.350. The summed E-state index contributed by atoms with van der Waals surface area (Å²) < 4.78 is 13.9. The Kier molecular flexibility index (Phi) is 4.73. The second-order valence-corrected chi connectivity index (χ2v) is 1.62. The number of halogens is 1. The maximum Gasteiger partial charge on any atom is 0.327 e. The summed E-state index contributed by atoms with van der Waals surface area (Å²) in [5, 5.41) is 0. The van der Waals surface area contributed by atoms with Crippen molar-refractivity contribution in [2.45, 2.75) is 6.10 Å². The van der Waals surface area contributed by atoms with E-state index in [2.05, 4.69) is 11.4 Å². The Bertz CT molecular complexity index is 58.9. The van der Waals surface area contributed by atoms with E-state index in [0.29, 0.717) is 0 Å². The highest BCUT2D eigenvalue weighted by atomic mass is 35.5. The molecule has 0 aromatic heterocycles. The van der Waals surface area contributed by atoms with Crippen molar-refractivity contribution in [3.8, 4) is 0 Å². The average Bonchev–Trinajstić information content (AvgIpc) is 1.68. The summed E-state index contributed by atoms with van der Waals surface area (Å²) in [7, 11) is -0.357. The van der Waals surface area contributed by atoms with Crippen molar-refractivity contribution in [1.29, 1.82) is 0 Å². The third-order valence-corrected chi connectivity index (χ3v) is 1.09. The SMILES string of the molecule is [CH2]C(CCl)OP=O. The van der Waals surface area contributed by atoms with Gasteiger partial charge in [0, 0.05) is 5.88 Å². The zero-order valence-electron chi connectivity index (χ0n) is 3.63. The van der Waals surface area contributed by atoms with Gasteiger partial charge >= 0.3 is 8.69 Å². The maximum atomic E-state index is 9.55. The van der Waals surface area contributed by atoms with Crippen molar-refractivity contribution in [3.05, 3.63) is 6.92 Å². The van der Waals surface area contributed by atoms with E-state index in [0.717, 1.165) is 0 Å². The Morgan fingerprint density at radius 1 is 2.00 bits per heavy atom. The minimum atomic E-state index is -0.360. The van der Waals surface area contributed by atoms with Gasteiger partial charge in [-0.15, -0.1) is 11.6 Å². The lowest BCUT2D eigenvalue weighted by molar-refractivity contribution is 0.296. The fourth-order valence-electron chi connectivity index (χ4n) is 0.0890. The first-order chi connectivity index (χ1) is 3.31. The molecule has 0 aliphatic carbocycles. The number of alkyl halides is 1. The summed E-state index contributed by atoms with van der Waals surface area (Å²) in [6.07, 6.45) is -0.360. The Labute approximate surface area is 49.1 Å². The molecule has 0 aliphatic rings. The summed E-state index contributed by atoms with van der Waals surface area (Å²) >= 11 is 5.20. The quantitative estimate of drug-likeness (QED) is 0.439. The van der Waals surface area contributed by atoms with Crippen LogP contribution in [0, 0.1) is 6.92 Å². The van der Waals surface area contributed by atoms with Gasteiger partial charge in [0.25, 0.3) is 0 Å². The molecule has 1 unspecified atom stereocenters. The van der Waals surface area contributed by atoms with E-state index in [1.807, 2.05) is 0 Å². The predicted molar refractivity (Wildman–Crippen MR) is 28.6 cm³/mol. The predicted octanol–water partition coefficient (Wildman–Crippen LogP) is 1.65. The van der Waals surface area contributed by atoms with Crippen molar-refractivity contribution in [3.63, 3.8) is 0 Å². The van der Waals surface area contributed by atoms with Gasteiger partial charge in [0.15, 0.2) is 0 Å². The molecule has 1 radical (unpaired) electrons. The summed E-state index contributed by atoms with van der Waals surface area (Å²) in [4.78, 5) is 0. The van der Waals surface area contributed by atoms with Gasteiger partial charge in [-0.3, -0.25) is 4.52 Å². The van der Waals surface area contributed by atoms with Gasteiger partial charge in [-0.25, -0.2) is 4.57 Å². The van der Waals surface area contributed by atoms with Crippen molar-refractivity contribution >= 4 is 20.3 Å². The minimum absolute atomic E-state index is 0.273. The highest BCUT2D eigenvalue weighted by Crippen LogP contribution is 2.01. The first-order valence-corrected chi connectivity index (χ1v) is 2.95. The lowest BCUT2D eigenvalue weighted by atomic mass is 10.5. The molecule has 0 rings (SSSR count). The smallest absolute Gasteiger partial charge is 0.290 e. The maximum absolute atomic E-state index is 9.55. The molecule has 0 spiro atoms. The molecule has 0 amide bonds. The van der Waals surface area contributed by atoms with Crippen LogP contribution in [0.25, 0.3) is 0 Å². The minimum Gasteiger partial charge on any atom is -0.290 e. The molecule has 0 N–H and O–H groups in total. The molecule has 41 valence electrons. The Balaban J connectivity index is 2.98. The van der Waals surface area contributed by atoms with Gasteiger partial charge < -0.3 is 0 Å². The molecule has 0 aliphatic heterocycles. The van der Waals surface area contributed by atoms with Gasteiger partial charge in [-0.1, -0.05) is 0 Å². The zero-order valence-corrected chi connectivity index (χ0v) is 5.28. The molecular weight excluding hydrogens is 134 g/mol. The van der Waals surface area contributed by atoms with Crippen LogP contribution >= 0.6 is 20.3 Å². The monoisotopic (exact) mass is 139 g/mol. The first kappa shape index (κ1) is 7.35. The summed E-state index contributed by atoms with van der Waals surface area (Å²) in [5.41, 5.74) is 0. The van der Waals surface area contributed by atoms with Crippen molar-refractivity contribution < 1.29 is 9.09 Å². The van der Waals surface area contributed by atoms with Crippen LogP contribution in [0.3, 0.4) is 0 Å². The van der Waals surface area contributed by atoms with E-state index in [1.54, 1.807) is 0 Å². The largest absolute Gasteiger partial charge is 0.327 e. The van der Waals surface area contributed by atoms with E-state index < -0.39 is 0 Å². The van der Waals surface area contributed by atoms with Gasteiger partial charge in [-0.05, 0) is 6.92 Å². The fraction of sp³-hybridized carbons (Fsp3) is 0.667. The summed E-state index contributed by atoms with van der Waals surface area (Å²) in [5.74, 6) is 0.273. The molecule has 0 saturated heterocycles. The van der Waals surface area contributed by atoms with Crippen LogP contribution in [0.4, 0.5) is 0 Å². The number of hydrogen-bond acceptors (Lipinski definition) is 2. The second kappa shape index (κ2) is 4.51. The van der Waals surface area contributed by atoms with Gasteiger partial charge in [0.1, 0.15) is 0 Å². The third kappa shape index (κ3) is 4.20. The molecule has 0 aromatic rings. The van der Waals surface area contributed by atoms with Crippen molar-refractivity contribution in [2.24, 2.45) is 0 Å². The van der Waals surface area contributed by atoms with E-state index in [9.17, 15) is 4.57 Å². The van der Waals surface area contributed by atoms with Crippen LogP contribution in [-0.2, 0) is 9.09 Å². The standard InChI is InChI=1S/C3H5ClO2P/c1-3(2-4)6-7-5/h3H,1-2H2. The topological polar surface area (TPSA) is 26.3 Å². The molecule has 4 heteroatoms. The van der Waals surface area contributed by atoms with E-state index >= 15 is 0 Å². The zero-order chi connectivity index (χ0) is 5.70. The summed E-state index contributed by atoms with van der Waals surface area (Å²) in [6, 6.07) is 0. The van der Waals surface area contributed by atoms with E-state index in [-0.39, 0.29) is 20.7 Å². The van der Waals surface area contributed by atoms with Gasteiger partial charge in [-0.2, -0.15) is 0 Å². The molecule has 0 bridgehead atoms. The highest BCUT2D eigenvalue weighted by Gasteiger charge is 1.95. The number of rotatable bonds is 3. The van der Waals surface area contributed by atoms with E-state index in [1.165, 1.54) is 0 Å². The van der Waals surface area contributed by atoms with E-state index in [4.69, 9.17) is 11.6 Å². The lowest BCUT2D eigenvalue weighted by Crippen LogP contribution is -2.01. The van der Waals surface area contributed by atoms with Crippen LogP contribution in [0.1, 0.15) is 0 Å². The van der Waals surface area contributed by atoms with Crippen LogP contribution < -0.4 is 0 Å². The highest BCUT2D eigenvalue weighted by molar-refractivity contribution is 7.17. The molecule has 0 saturated carbocycles. The summed E-state index contributed by atoms with van der Waals surface area (Å²) in [6.45, 7) is 3.39. The molecule has 2 nitrogen and oxygen atoms in total. The average molecular weight is 139 g/mol. The first-order valence-electron chi connectivity index (χ1n) is 1.68. The van der Waals surface area contributed by atoms with Crippen molar-refractivity contribution in [2.75, 3.05) is 5.88 Å². The Morgan fingerprint density at radius 3 is 2.71 bits per heavy atom. The third-order valence-electron chi connectivity index (χ3n) is 0.364. The normalized spacial score (nSPS) is 14.6. The second-order valence-electron chi connectivity index (χ2n) is 0.956. The molecule has 1 atom stereocenters. The van der Waals surface area contributed by atoms with Crippen LogP contribution in [0.2, 0.25) is 0 Å². The molecule has 0 fully saturated rings. The Morgan fingerprint density at radius 2 is 2.57 bits per heavy atom. The lowest BCUT2D eigenvalue weighted by Gasteiger charge is -1.96. The van der Waals surface area contributed by atoms with Crippen LogP contribution in [-0.4, -0.2) is 12.0 Å². The molecule has 0 aromatic carbocycles. The van der Waals surface area contributed by atoms with Crippen molar-refractivity contribution in [1.82, 2.24) is 0 Å². The number of hydrogen-bond donors (Lipinski definition) is 0. The van der Waals surface area contributed by atoms with Gasteiger partial charge in [0.05, 0.1) is 6.10 Å².